The Morgan fingerprint density at radius 1 is 1.53 bits per heavy atom. The maximum Gasteiger partial charge on any atom is 0.255 e. The zero-order chi connectivity index (χ0) is 13.9. The van der Waals surface area contributed by atoms with Crippen LogP contribution < -0.4 is 15.8 Å². The average molecular weight is 280 g/mol. The fraction of sp³-hybridized carbons (Fsp3) is 0.500. The van der Waals surface area contributed by atoms with E-state index >= 15 is 0 Å². The number of ether oxygens (including phenoxy) is 1. The quantitative estimate of drug-likeness (QED) is 0.785. The maximum atomic E-state index is 12.2. The van der Waals surface area contributed by atoms with E-state index in [1.54, 1.807) is 18.2 Å². The number of carbonyl (C=O) groups excluding carboxylic acids is 1. The molecule has 5 heteroatoms. The normalized spacial score (nSPS) is 15.9. The van der Waals surface area contributed by atoms with Crippen molar-refractivity contribution >= 4 is 23.4 Å². The molecule has 1 saturated carbocycles. The molecule has 1 aliphatic carbocycles. The molecule has 0 unspecified atom stereocenters. The van der Waals surface area contributed by atoms with Gasteiger partial charge in [-0.1, -0.05) is 6.07 Å². The highest BCUT2D eigenvalue weighted by atomic mass is 32.2. The SMILES string of the molecule is CCOc1c(N)cccc1C(=O)NCC1(SC)CC1. The number of nitrogens with one attached hydrogen (secondary N) is 1. The predicted octanol–water partition coefficient (Wildman–Crippen LogP) is 2.29. The van der Waals surface area contributed by atoms with Gasteiger partial charge in [0.1, 0.15) is 0 Å². The van der Waals surface area contributed by atoms with Crippen LogP contribution in [0.15, 0.2) is 18.2 Å². The smallest absolute Gasteiger partial charge is 0.255 e. The highest BCUT2D eigenvalue weighted by Crippen LogP contribution is 2.46. The molecular weight excluding hydrogens is 260 g/mol. The average Bonchev–Trinajstić information content (AvgIpc) is 3.19. The summed E-state index contributed by atoms with van der Waals surface area (Å²) in [6.07, 6.45) is 4.43. The topological polar surface area (TPSA) is 64.3 Å². The van der Waals surface area contributed by atoms with Gasteiger partial charge >= 0.3 is 0 Å². The lowest BCUT2D eigenvalue weighted by Gasteiger charge is -2.15. The van der Waals surface area contributed by atoms with Gasteiger partial charge in [0.25, 0.3) is 5.91 Å². The lowest BCUT2D eigenvalue weighted by atomic mass is 10.1. The van der Waals surface area contributed by atoms with Gasteiger partial charge in [-0.25, -0.2) is 0 Å². The van der Waals surface area contributed by atoms with Gasteiger partial charge in [0.05, 0.1) is 17.9 Å². The van der Waals surface area contributed by atoms with Crippen LogP contribution in [-0.4, -0.2) is 30.1 Å². The number of nitrogen functional groups attached to an aromatic ring is 1. The second-order valence-electron chi connectivity index (χ2n) is 4.73. The minimum atomic E-state index is -0.115. The van der Waals surface area contributed by atoms with E-state index in [0.29, 0.717) is 30.2 Å². The van der Waals surface area contributed by atoms with Crippen LogP contribution in [0.2, 0.25) is 0 Å². The number of thioether (sulfide) groups is 1. The van der Waals surface area contributed by atoms with Gasteiger partial charge in [-0.15, -0.1) is 0 Å². The Kier molecular flexibility index (Phi) is 4.24. The Morgan fingerprint density at radius 3 is 2.84 bits per heavy atom. The maximum absolute atomic E-state index is 12.2. The number of nitrogens with two attached hydrogens (primary N) is 1. The molecule has 0 spiro atoms. The number of anilines is 1. The third-order valence-corrected chi connectivity index (χ3v) is 4.81. The molecule has 3 N–H and O–H groups in total. The van der Waals surface area contributed by atoms with Gasteiger partial charge in [0, 0.05) is 11.3 Å². The molecule has 0 aliphatic heterocycles. The van der Waals surface area contributed by atoms with Gasteiger partial charge in [-0.2, -0.15) is 11.8 Å². The van der Waals surface area contributed by atoms with Crippen LogP contribution in [0.1, 0.15) is 30.1 Å². The summed E-state index contributed by atoms with van der Waals surface area (Å²) in [5.74, 6) is 0.368. The van der Waals surface area contributed by atoms with E-state index in [1.165, 1.54) is 12.8 Å². The molecule has 19 heavy (non-hydrogen) atoms. The van der Waals surface area contributed by atoms with Crippen molar-refractivity contribution < 1.29 is 9.53 Å². The van der Waals surface area contributed by atoms with Gasteiger partial charge in [-0.3, -0.25) is 4.79 Å². The van der Waals surface area contributed by atoms with Gasteiger partial charge in [-0.05, 0) is 38.2 Å². The Labute approximate surface area is 118 Å². The summed E-state index contributed by atoms with van der Waals surface area (Å²) in [5.41, 5.74) is 6.87. The molecule has 0 radical (unpaired) electrons. The summed E-state index contributed by atoms with van der Waals surface area (Å²) in [5, 5.41) is 2.98. The number of benzene rings is 1. The van der Waals surface area contributed by atoms with Crippen LogP contribution in [0, 0.1) is 0 Å². The van der Waals surface area contributed by atoms with E-state index in [0.717, 1.165) is 0 Å². The second kappa shape index (κ2) is 5.74. The van der Waals surface area contributed by atoms with Gasteiger partial charge in [0.2, 0.25) is 0 Å². The van der Waals surface area contributed by atoms with Crippen LogP contribution in [0.3, 0.4) is 0 Å². The number of rotatable bonds is 6. The van der Waals surface area contributed by atoms with Crippen molar-refractivity contribution in [3.8, 4) is 5.75 Å². The summed E-state index contributed by atoms with van der Waals surface area (Å²) in [6.45, 7) is 3.07. The minimum absolute atomic E-state index is 0.115. The molecule has 2 rings (SSSR count). The molecule has 1 aromatic rings. The fourth-order valence-electron chi connectivity index (χ4n) is 1.97. The molecule has 1 aromatic carbocycles. The summed E-state index contributed by atoms with van der Waals surface area (Å²) < 4.78 is 5.72. The van der Waals surface area contributed by atoms with Crippen molar-refractivity contribution in [2.24, 2.45) is 0 Å². The lowest BCUT2D eigenvalue weighted by molar-refractivity contribution is 0.0949. The van der Waals surface area contributed by atoms with Crippen LogP contribution >= 0.6 is 11.8 Å². The van der Waals surface area contributed by atoms with Crippen LogP contribution in [0.4, 0.5) is 5.69 Å². The second-order valence-corrected chi connectivity index (χ2v) is 6.00. The molecule has 4 nitrogen and oxygen atoms in total. The van der Waals surface area contributed by atoms with E-state index in [2.05, 4.69) is 11.6 Å². The first-order chi connectivity index (χ1) is 9.12. The molecule has 1 amide bonds. The lowest BCUT2D eigenvalue weighted by Crippen LogP contribution is -2.32. The zero-order valence-corrected chi connectivity index (χ0v) is 12.2. The number of hydrogen-bond donors (Lipinski definition) is 2. The minimum Gasteiger partial charge on any atom is -0.491 e. The first-order valence-corrected chi connectivity index (χ1v) is 7.69. The first kappa shape index (κ1) is 14.1. The summed E-state index contributed by atoms with van der Waals surface area (Å²) in [7, 11) is 0. The zero-order valence-electron chi connectivity index (χ0n) is 11.4. The molecule has 0 atom stereocenters. The van der Waals surface area contributed by atoms with Crippen molar-refractivity contribution in [2.45, 2.75) is 24.5 Å². The van der Waals surface area contributed by atoms with Crippen molar-refractivity contribution in [3.05, 3.63) is 23.8 Å². The van der Waals surface area contributed by atoms with E-state index < -0.39 is 0 Å². The molecule has 0 bridgehead atoms. The number of carbonyl (C=O) groups is 1. The number of amides is 1. The van der Waals surface area contributed by atoms with Crippen LogP contribution in [-0.2, 0) is 0 Å². The highest BCUT2D eigenvalue weighted by Gasteiger charge is 2.42. The van der Waals surface area contributed by atoms with E-state index in [4.69, 9.17) is 10.5 Å². The molecule has 0 heterocycles. The third-order valence-electron chi connectivity index (χ3n) is 3.39. The summed E-state index contributed by atoms with van der Waals surface area (Å²) in [4.78, 5) is 12.2. The van der Waals surface area contributed by atoms with Crippen molar-refractivity contribution in [1.82, 2.24) is 5.32 Å². The molecule has 0 aromatic heterocycles. The Hall–Kier alpha value is -1.36. The largest absolute Gasteiger partial charge is 0.491 e. The summed E-state index contributed by atoms with van der Waals surface area (Å²) >= 11 is 1.82. The molecule has 104 valence electrons. The van der Waals surface area contributed by atoms with Crippen molar-refractivity contribution in [3.63, 3.8) is 0 Å². The monoisotopic (exact) mass is 280 g/mol. The molecule has 1 fully saturated rings. The van der Waals surface area contributed by atoms with E-state index in [1.807, 2.05) is 18.7 Å². The standard InChI is InChI=1S/C14H20N2O2S/c1-3-18-12-10(5-4-6-11(12)15)13(17)16-9-14(19-2)7-8-14/h4-6H,3,7-9,15H2,1-2H3,(H,16,17). The first-order valence-electron chi connectivity index (χ1n) is 6.46. The third kappa shape index (κ3) is 3.15. The highest BCUT2D eigenvalue weighted by molar-refractivity contribution is 8.00. The number of hydrogen-bond acceptors (Lipinski definition) is 4. The van der Waals surface area contributed by atoms with E-state index in [9.17, 15) is 4.79 Å². The Balaban J connectivity index is 2.08. The van der Waals surface area contributed by atoms with Gasteiger partial charge in [0.15, 0.2) is 5.75 Å². The van der Waals surface area contributed by atoms with Crippen LogP contribution in [0.5, 0.6) is 5.75 Å². The molecular formula is C14H20N2O2S. The molecule has 0 saturated heterocycles. The van der Waals surface area contributed by atoms with Crippen LogP contribution in [0.25, 0.3) is 0 Å². The van der Waals surface area contributed by atoms with Gasteiger partial charge < -0.3 is 15.8 Å². The number of para-hydroxylation sites is 1. The molecule has 1 aliphatic rings. The van der Waals surface area contributed by atoms with E-state index in [-0.39, 0.29) is 10.7 Å². The Morgan fingerprint density at radius 2 is 2.26 bits per heavy atom. The van der Waals surface area contributed by atoms with Crippen molar-refractivity contribution in [1.29, 1.82) is 0 Å². The fourth-order valence-corrected chi connectivity index (χ4v) is 2.70. The Bertz CT molecular complexity index is 473. The predicted molar refractivity (Wildman–Crippen MR) is 79.8 cm³/mol. The van der Waals surface area contributed by atoms with Crippen molar-refractivity contribution in [2.75, 3.05) is 25.1 Å². The summed E-state index contributed by atoms with van der Waals surface area (Å²) in [6, 6.07) is 5.26.